The second-order valence-corrected chi connectivity index (χ2v) is 3.50. The maximum Gasteiger partial charge on any atom is 0.183 e. The fourth-order valence-corrected chi connectivity index (χ4v) is 1.52. The molecule has 0 bridgehead atoms. The average Bonchev–Trinajstić information content (AvgIpc) is 2.39. The third-order valence-corrected chi connectivity index (χ3v) is 2.49. The number of aromatic nitrogens is 1. The van der Waals surface area contributed by atoms with Crippen molar-refractivity contribution < 1.29 is 9.47 Å². The lowest BCUT2D eigenvalue weighted by Crippen LogP contribution is -2.26. The summed E-state index contributed by atoms with van der Waals surface area (Å²) in [6.45, 7) is 2.59. The van der Waals surface area contributed by atoms with Gasteiger partial charge in [0, 0.05) is 18.8 Å². The summed E-state index contributed by atoms with van der Waals surface area (Å²) in [5, 5.41) is 3.23. The van der Waals surface area contributed by atoms with Crippen molar-refractivity contribution in [2.75, 3.05) is 14.2 Å². The van der Waals surface area contributed by atoms with E-state index in [4.69, 9.17) is 15.9 Å². The SMILES string of the molecule is C#CC(CC)NCc1nccc(OC)c1OC. The van der Waals surface area contributed by atoms with Crippen LogP contribution in [0.1, 0.15) is 19.0 Å². The topological polar surface area (TPSA) is 43.4 Å². The third-order valence-electron chi connectivity index (χ3n) is 2.49. The lowest BCUT2D eigenvalue weighted by Gasteiger charge is -2.14. The summed E-state index contributed by atoms with van der Waals surface area (Å²) in [5.74, 6) is 4.00. The highest BCUT2D eigenvalue weighted by atomic mass is 16.5. The molecule has 0 aliphatic carbocycles. The number of nitrogens with one attached hydrogen (secondary N) is 1. The molecular weight excluding hydrogens is 216 g/mol. The number of hydrogen-bond donors (Lipinski definition) is 1. The summed E-state index contributed by atoms with van der Waals surface area (Å²) in [4.78, 5) is 4.26. The minimum absolute atomic E-state index is 0.0488. The molecule has 0 aliphatic rings. The van der Waals surface area contributed by atoms with E-state index < -0.39 is 0 Å². The standard InChI is InChI=1S/C13H18N2O2/c1-5-10(6-2)15-9-11-13(17-4)12(16-3)7-8-14-11/h1,7-8,10,15H,6,9H2,2-4H3. The van der Waals surface area contributed by atoms with E-state index in [1.807, 2.05) is 6.92 Å². The minimum Gasteiger partial charge on any atom is -0.493 e. The summed E-state index contributed by atoms with van der Waals surface area (Å²) >= 11 is 0. The Morgan fingerprint density at radius 1 is 1.47 bits per heavy atom. The third kappa shape index (κ3) is 3.36. The molecule has 4 nitrogen and oxygen atoms in total. The van der Waals surface area contributed by atoms with Gasteiger partial charge < -0.3 is 9.47 Å². The highest BCUT2D eigenvalue weighted by Gasteiger charge is 2.11. The Morgan fingerprint density at radius 2 is 2.24 bits per heavy atom. The quantitative estimate of drug-likeness (QED) is 0.759. The van der Waals surface area contributed by atoms with E-state index in [2.05, 4.69) is 16.2 Å². The van der Waals surface area contributed by atoms with Crippen molar-refractivity contribution >= 4 is 0 Å². The van der Waals surface area contributed by atoms with Crippen molar-refractivity contribution in [1.82, 2.24) is 10.3 Å². The number of ether oxygens (including phenoxy) is 2. The van der Waals surface area contributed by atoms with Crippen molar-refractivity contribution in [3.05, 3.63) is 18.0 Å². The lowest BCUT2D eigenvalue weighted by molar-refractivity contribution is 0.347. The first-order valence-electron chi connectivity index (χ1n) is 5.52. The van der Waals surface area contributed by atoms with Crippen molar-refractivity contribution in [3.8, 4) is 23.8 Å². The average molecular weight is 234 g/mol. The van der Waals surface area contributed by atoms with E-state index in [0.717, 1.165) is 12.1 Å². The van der Waals surface area contributed by atoms with Gasteiger partial charge in [-0.3, -0.25) is 10.3 Å². The van der Waals surface area contributed by atoms with Crippen molar-refractivity contribution in [2.45, 2.75) is 25.9 Å². The molecule has 4 heteroatoms. The van der Waals surface area contributed by atoms with E-state index in [1.54, 1.807) is 26.5 Å². The maximum absolute atomic E-state index is 5.39. The number of terminal acetylenes is 1. The molecule has 1 aromatic rings. The van der Waals surface area contributed by atoms with Gasteiger partial charge in [-0.05, 0) is 6.42 Å². The van der Waals surface area contributed by atoms with E-state index in [1.165, 1.54) is 0 Å². The zero-order chi connectivity index (χ0) is 12.7. The Labute approximate surface area is 102 Å². The molecule has 0 aromatic carbocycles. The molecule has 17 heavy (non-hydrogen) atoms. The van der Waals surface area contributed by atoms with Crippen LogP contribution >= 0.6 is 0 Å². The zero-order valence-electron chi connectivity index (χ0n) is 10.5. The van der Waals surface area contributed by atoms with Crippen molar-refractivity contribution in [2.24, 2.45) is 0 Å². The Kier molecular flexibility index (Phi) is 5.31. The number of rotatable bonds is 6. The second kappa shape index (κ2) is 6.77. The molecule has 0 spiro atoms. The molecule has 1 unspecified atom stereocenters. The second-order valence-electron chi connectivity index (χ2n) is 3.50. The van der Waals surface area contributed by atoms with Gasteiger partial charge in [0.1, 0.15) is 0 Å². The summed E-state index contributed by atoms with van der Waals surface area (Å²) in [5.41, 5.74) is 0.792. The molecule has 1 atom stereocenters. The monoisotopic (exact) mass is 234 g/mol. The number of nitrogens with zero attached hydrogens (tertiary/aromatic N) is 1. The van der Waals surface area contributed by atoms with Gasteiger partial charge in [0.15, 0.2) is 11.5 Å². The smallest absolute Gasteiger partial charge is 0.183 e. The van der Waals surface area contributed by atoms with E-state index in [9.17, 15) is 0 Å². The molecule has 1 rings (SSSR count). The van der Waals surface area contributed by atoms with Crippen LogP contribution < -0.4 is 14.8 Å². The predicted octanol–water partition coefficient (Wildman–Crippen LogP) is 1.60. The number of pyridine rings is 1. The first-order chi connectivity index (χ1) is 8.26. The Bertz CT molecular complexity index is 399. The Hall–Kier alpha value is -1.73. The first kappa shape index (κ1) is 13.3. The minimum atomic E-state index is 0.0488. The molecule has 0 radical (unpaired) electrons. The van der Waals surface area contributed by atoms with Crippen LogP contribution in [0.5, 0.6) is 11.5 Å². The van der Waals surface area contributed by atoms with Crippen LogP contribution in [0.15, 0.2) is 12.3 Å². The van der Waals surface area contributed by atoms with Crippen LogP contribution in [-0.2, 0) is 6.54 Å². The molecule has 1 aromatic heterocycles. The molecule has 0 amide bonds. The van der Waals surface area contributed by atoms with Gasteiger partial charge in [-0.15, -0.1) is 6.42 Å². The molecular formula is C13H18N2O2. The summed E-state index contributed by atoms with van der Waals surface area (Å²) in [6, 6.07) is 1.81. The Morgan fingerprint density at radius 3 is 2.76 bits per heavy atom. The summed E-state index contributed by atoms with van der Waals surface area (Å²) < 4.78 is 10.5. The van der Waals surface area contributed by atoms with Crippen LogP contribution in [0.2, 0.25) is 0 Å². The lowest BCUT2D eigenvalue weighted by atomic mass is 10.2. The molecule has 0 saturated heterocycles. The van der Waals surface area contributed by atoms with Gasteiger partial charge in [0.25, 0.3) is 0 Å². The van der Waals surface area contributed by atoms with Crippen molar-refractivity contribution in [3.63, 3.8) is 0 Å². The normalized spacial score (nSPS) is 11.6. The van der Waals surface area contributed by atoms with Crippen LogP contribution in [-0.4, -0.2) is 25.2 Å². The first-order valence-corrected chi connectivity index (χ1v) is 5.52. The van der Waals surface area contributed by atoms with Crippen molar-refractivity contribution in [1.29, 1.82) is 0 Å². The van der Waals surface area contributed by atoms with Gasteiger partial charge >= 0.3 is 0 Å². The van der Waals surface area contributed by atoms with Crippen LogP contribution in [0.25, 0.3) is 0 Å². The summed E-state index contributed by atoms with van der Waals surface area (Å²) in [6.07, 6.45) is 7.95. The zero-order valence-corrected chi connectivity index (χ0v) is 10.5. The van der Waals surface area contributed by atoms with E-state index >= 15 is 0 Å². The van der Waals surface area contributed by atoms with Gasteiger partial charge in [-0.1, -0.05) is 12.8 Å². The fourth-order valence-electron chi connectivity index (χ4n) is 1.52. The highest BCUT2D eigenvalue weighted by Crippen LogP contribution is 2.28. The summed E-state index contributed by atoms with van der Waals surface area (Å²) in [7, 11) is 3.20. The molecule has 0 fully saturated rings. The maximum atomic E-state index is 5.39. The van der Waals surface area contributed by atoms with E-state index in [-0.39, 0.29) is 6.04 Å². The largest absolute Gasteiger partial charge is 0.493 e. The van der Waals surface area contributed by atoms with Crippen LogP contribution in [0.3, 0.4) is 0 Å². The van der Waals surface area contributed by atoms with Gasteiger partial charge in [0.2, 0.25) is 0 Å². The molecule has 92 valence electrons. The van der Waals surface area contributed by atoms with Gasteiger partial charge in [-0.2, -0.15) is 0 Å². The number of hydrogen-bond acceptors (Lipinski definition) is 4. The molecule has 0 saturated carbocycles. The fraction of sp³-hybridized carbons (Fsp3) is 0.462. The van der Waals surface area contributed by atoms with Crippen LogP contribution in [0, 0.1) is 12.3 Å². The molecule has 1 N–H and O–H groups in total. The Balaban J connectivity index is 2.80. The number of methoxy groups -OCH3 is 2. The van der Waals surface area contributed by atoms with Gasteiger partial charge in [-0.25, -0.2) is 0 Å². The molecule has 0 aliphatic heterocycles. The molecule has 1 heterocycles. The highest BCUT2D eigenvalue weighted by molar-refractivity contribution is 5.42. The predicted molar refractivity (Wildman–Crippen MR) is 67.1 cm³/mol. The van der Waals surface area contributed by atoms with E-state index in [0.29, 0.717) is 18.0 Å². The van der Waals surface area contributed by atoms with Gasteiger partial charge in [0.05, 0.1) is 26.0 Å². The van der Waals surface area contributed by atoms with Crippen LogP contribution in [0.4, 0.5) is 0 Å².